The van der Waals surface area contributed by atoms with Crippen molar-refractivity contribution in [3.8, 4) is 0 Å². The molecule has 0 amide bonds. The summed E-state index contributed by atoms with van der Waals surface area (Å²) >= 11 is 0. The van der Waals surface area contributed by atoms with Crippen molar-refractivity contribution in [1.29, 1.82) is 0 Å². The number of carbonyl (C=O) groups excluding carboxylic acids is 1. The molecular formula is C16H19N3O3S. The van der Waals surface area contributed by atoms with E-state index in [0.717, 1.165) is 12.8 Å². The Labute approximate surface area is 135 Å². The van der Waals surface area contributed by atoms with Crippen molar-refractivity contribution < 1.29 is 13.2 Å². The summed E-state index contributed by atoms with van der Waals surface area (Å²) < 4.78 is 28.3. The summed E-state index contributed by atoms with van der Waals surface area (Å²) in [7, 11) is -3.60. The van der Waals surface area contributed by atoms with Gasteiger partial charge in [-0.2, -0.15) is 14.1 Å². The molecule has 1 saturated heterocycles. The Balaban J connectivity index is 2.05. The summed E-state index contributed by atoms with van der Waals surface area (Å²) in [4.78, 5) is 12.7. The highest BCUT2D eigenvalue weighted by Gasteiger charge is 2.33. The third-order valence-corrected chi connectivity index (χ3v) is 6.25. The van der Waals surface area contributed by atoms with Crippen LogP contribution in [-0.2, 0) is 10.0 Å². The fraction of sp³-hybridized carbons (Fsp3) is 0.375. The van der Waals surface area contributed by atoms with Crippen LogP contribution in [0.5, 0.6) is 0 Å². The number of hydrogen-bond acceptors (Lipinski definition) is 4. The van der Waals surface area contributed by atoms with E-state index in [1.54, 1.807) is 38.1 Å². The van der Waals surface area contributed by atoms with Gasteiger partial charge in [-0.15, -0.1) is 0 Å². The molecule has 7 heteroatoms. The van der Waals surface area contributed by atoms with Crippen molar-refractivity contribution in [3.63, 3.8) is 0 Å². The molecule has 0 spiro atoms. The van der Waals surface area contributed by atoms with Crippen LogP contribution in [0.4, 0.5) is 0 Å². The summed E-state index contributed by atoms with van der Waals surface area (Å²) in [6.07, 6.45) is 1.74. The third kappa shape index (κ3) is 2.70. The highest BCUT2D eigenvalue weighted by molar-refractivity contribution is 7.89. The van der Waals surface area contributed by atoms with Crippen molar-refractivity contribution in [3.05, 3.63) is 47.3 Å². The number of aromatic nitrogens is 2. The number of hydrogen-bond donors (Lipinski definition) is 0. The molecule has 0 atom stereocenters. The minimum Gasteiger partial charge on any atom is -0.267 e. The van der Waals surface area contributed by atoms with E-state index in [9.17, 15) is 13.2 Å². The van der Waals surface area contributed by atoms with E-state index in [1.165, 1.54) is 8.99 Å². The van der Waals surface area contributed by atoms with E-state index in [4.69, 9.17) is 0 Å². The number of carbonyl (C=O) groups is 1. The molecular weight excluding hydrogens is 314 g/mol. The first-order valence-electron chi connectivity index (χ1n) is 7.59. The first kappa shape index (κ1) is 15.9. The molecule has 122 valence electrons. The average Bonchev–Trinajstić information content (AvgIpc) is 3.16. The summed E-state index contributed by atoms with van der Waals surface area (Å²) in [5, 5.41) is 4.19. The van der Waals surface area contributed by atoms with Crippen LogP contribution in [0.3, 0.4) is 0 Å². The van der Waals surface area contributed by atoms with Crippen molar-refractivity contribution in [2.45, 2.75) is 31.6 Å². The maximum absolute atomic E-state index is 12.8. The van der Waals surface area contributed by atoms with Crippen LogP contribution in [0.25, 0.3) is 0 Å². The molecule has 23 heavy (non-hydrogen) atoms. The Bertz CT molecular complexity index is 835. The van der Waals surface area contributed by atoms with Crippen LogP contribution >= 0.6 is 0 Å². The lowest BCUT2D eigenvalue weighted by atomic mass is 10.2. The fourth-order valence-electron chi connectivity index (χ4n) is 2.96. The number of rotatable bonds is 3. The van der Waals surface area contributed by atoms with Gasteiger partial charge < -0.3 is 0 Å². The molecule has 0 radical (unpaired) electrons. The van der Waals surface area contributed by atoms with Crippen LogP contribution < -0.4 is 0 Å². The topological polar surface area (TPSA) is 72.3 Å². The van der Waals surface area contributed by atoms with Gasteiger partial charge in [0, 0.05) is 18.7 Å². The van der Waals surface area contributed by atoms with Crippen molar-refractivity contribution in [1.82, 2.24) is 14.1 Å². The maximum atomic E-state index is 12.8. The highest BCUT2D eigenvalue weighted by atomic mass is 32.2. The maximum Gasteiger partial charge on any atom is 0.278 e. The molecule has 0 saturated carbocycles. The van der Waals surface area contributed by atoms with E-state index in [1.807, 2.05) is 6.07 Å². The lowest BCUT2D eigenvalue weighted by molar-refractivity contribution is 0.0942. The van der Waals surface area contributed by atoms with Crippen LogP contribution in [0.15, 0.2) is 35.2 Å². The SMILES string of the molecule is Cc1nn(C(=O)c2ccccc2)c(C)c1S(=O)(=O)N1CCCC1. The normalized spacial score (nSPS) is 15.9. The predicted octanol–water partition coefficient (Wildman–Crippen LogP) is 1.97. The predicted molar refractivity (Wildman–Crippen MR) is 85.9 cm³/mol. The van der Waals surface area contributed by atoms with Crippen molar-refractivity contribution in [2.75, 3.05) is 13.1 Å². The van der Waals surface area contributed by atoms with Crippen LogP contribution in [0, 0.1) is 13.8 Å². The number of sulfonamides is 1. The Hall–Kier alpha value is -1.99. The lowest BCUT2D eigenvalue weighted by Gasteiger charge is -2.15. The minimum atomic E-state index is -3.60. The molecule has 2 heterocycles. The Morgan fingerprint density at radius 1 is 1.09 bits per heavy atom. The van der Waals surface area contributed by atoms with E-state index < -0.39 is 10.0 Å². The van der Waals surface area contributed by atoms with Crippen LogP contribution in [0.2, 0.25) is 0 Å². The average molecular weight is 333 g/mol. The minimum absolute atomic E-state index is 0.156. The molecule has 1 aliphatic rings. The van der Waals surface area contributed by atoms with Crippen molar-refractivity contribution in [2.24, 2.45) is 0 Å². The molecule has 1 aromatic heterocycles. The molecule has 3 rings (SSSR count). The molecule has 1 fully saturated rings. The Kier molecular flexibility index (Phi) is 4.08. The zero-order valence-corrected chi connectivity index (χ0v) is 14.0. The second-order valence-electron chi connectivity index (χ2n) is 5.69. The zero-order chi connectivity index (χ0) is 16.6. The molecule has 0 unspecified atom stereocenters. The fourth-order valence-corrected chi connectivity index (χ4v) is 4.83. The van der Waals surface area contributed by atoms with Gasteiger partial charge in [0.15, 0.2) is 0 Å². The van der Waals surface area contributed by atoms with Gasteiger partial charge in [0.2, 0.25) is 10.0 Å². The summed E-state index contributed by atoms with van der Waals surface area (Å²) in [5.74, 6) is -0.325. The van der Waals surface area contributed by atoms with Gasteiger partial charge in [0.1, 0.15) is 4.90 Å². The van der Waals surface area contributed by atoms with E-state index in [0.29, 0.717) is 30.0 Å². The molecule has 0 N–H and O–H groups in total. The van der Waals surface area contributed by atoms with Crippen LogP contribution in [0.1, 0.15) is 34.6 Å². The first-order valence-corrected chi connectivity index (χ1v) is 9.03. The zero-order valence-electron chi connectivity index (χ0n) is 13.2. The number of benzene rings is 1. The summed E-state index contributed by atoms with van der Waals surface area (Å²) in [6.45, 7) is 4.31. The molecule has 0 bridgehead atoms. The summed E-state index contributed by atoms with van der Waals surface area (Å²) in [5.41, 5.74) is 1.20. The van der Waals surface area contributed by atoms with E-state index in [2.05, 4.69) is 5.10 Å². The van der Waals surface area contributed by atoms with Gasteiger partial charge in [-0.25, -0.2) is 8.42 Å². The monoisotopic (exact) mass is 333 g/mol. The second kappa shape index (κ2) is 5.90. The molecule has 2 aromatic rings. The molecule has 1 aromatic carbocycles. The van der Waals surface area contributed by atoms with Crippen molar-refractivity contribution >= 4 is 15.9 Å². The second-order valence-corrected chi connectivity index (χ2v) is 7.57. The van der Waals surface area contributed by atoms with Gasteiger partial charge in [0.05, 0.1) is 11.4 Å². The number of aryl methyl sites for hydroxylation is 1. The standard InChI is InChI=1S/C16H19N3O3S/c1-12-15(23(21,22)18-10-6-7-11-18)13(2)19(17-12)16(20)14-8-4-3-5-9-14/h3-5,8-9H,6-7,10-11H2,1-2H3. The smallest absolute Gasteiger partial charge is 0.267 e. The molecule has 0 aliphatic carbocycles. The molecule has 1 aliphatic heterocycles. The van der Waals surface area contributed by atoms with Gasteiger partial charge in [-0.05, 0) is 38.8 Å². The third-order valence-electron chi connectivity index (χ3n) is 4.10. The number of nitrogens with zero attached hydrogens (tertiary/aromatic N) is 3. The summed E-state index contributed by atoms with van der Waals surface area (Å²) in [6, 6.07) is 8.73. The Morgan fingerprint density at radius 3 is 2.30 bits per heavy atom. The molecule has 6 nitrogen and oxygen atoms in total. The lowest BCUT2D eigenvalue weighted by Crippen LogP contribution is -2.29. The van der Waals surface area contributed by atoms with Gasteiger partial charge in [-0.1, -0.05) is 18.2 Å². The van der Waals surface area contributed by atoms with Gasteiger partial charge >= 0.3 is 0 Å². The highest BCUT2D eigenvalue weighted by Crippen LogP contribution is 2.26. The quantitative estimate of drug-likeness (QED) is 0.861. The Morgan fingerprint density at radius 2 is 1.70 bits per heavy atom. The van der Waals surface area contributed by atoms with E-state index >= 15 is 0 Å². The first-order chi connectivity index (χ1) is 10.9. The van der Waals surface area contributed by atoms with E-state index in [-0.39, 0.29) is 10.8 Å². The van der Waals surface area contributed by atoms with Gasteiger partial charge in [0.25, 0.3) is 5.91 Å². The van der Waals surface area contributed by atoms with Crippen LogP contribution in [-0.4, -0.2) is 41.5 Å². The van der Waals surface area contributed by atoms with Gasteiger partial charge in [-0.3, -0.25) is 4.79 Å². The largest absolute Gasteiger partial charge is 0.278 e.